The quantitative estimate of drug-likeness (QED) is 0.467. The third-order valence-electron chi connectivity index (χ3n) is 5.41. The van der Waals surface area contributed by atoms with Crippen molar-refractivity contribution in [3.8, 4) is 23.0 Å². The summed E-state index contributed by atoms with van der Waals surface area (Å²) in [5, 5.41) is 8.89. The summed E-state index contributed by atoms with van der Waals surface area (Å²) in [5.41, 5.74) is 1.44. The molecule has 0 radical (unpaired) electrons. The molecular formula is C23H24N2O8S. The van der Waals surface area contributed by atoms with E-state index in [1.807, 2.05) is 30.3 Å². The fraction of sp³-hybridized carbons (Fsp3) is 0.304. The summed E-state index contributed by atoms with van der Waals surface area (Å²) in [4.78, 5) is 15.4. The second-order valence-corrected chi connectivity index (χ2v) is 9.48. The van der Waals surface area contributed by atoms with Gasteiger partial charge in [0.15, 0.2) is 17.7 Å². The molecule has 3 aromatic rings. The SMILES string of the molecule is COc1cc(S(=O)(=O)N2CCC[C@H]2OC(=O)O)ccc1OCc1nc(-c2ccccc2)oc1C. The summed E-state index contributed by atoms with van der Waals surface area (Å²) in [6.07, 6.45) is -1.78. The summed E-state index contributed by atoms with van der Waals surface area (Å²) >= 11 is 0. The summed E-state index contributed by atoms with van der Waals surface area (Å²) in [6.45, 7) is 2.04. The van der Waals surface area contributed by atoms with Crippen molar-refractivity contribution in [2.75, 3.05) is 13.7 Å². The Morgan fingerprint density at radius 1 is 1.21 bits per heavy atom. The molecule has 0 amide bonds. The second kappa shape index (κ2) is 9.74. The van der Waals surface area contributed by atoms with E-state index in [0.29, 0.717) is 35.9 Å². The molecule has 2 heterocycles. The average molecular weight is 489 g/mol. The van der Waals surface area contributed by atoms with Crippen LogP contribution in [0.5, 0.6) is 11.5 Å². The van der Waals surface area contributed by atoms with Gasteiger partial charge >= 0.3 is 6.16 Å². The van der Waals surface area contributed by atoms with E-state index in [1.165, 1.54) is 25.3 Å². The van der Waals surface area contributed by atoms with E-state index < -0.39 is 22.4 Å². The van der Waals surface area contributed by atoms with E-state index in [-0.39, 0.29) is 23.8 Å². The number of sulfonamides is 1. The van der Waals surface area contributed by atoms with Crippen LogP contribution in [0.25, 0.3) is 11.5 Å². The van der Waals surface area contributed by atoms with Gasteiger partial charge in [-0.25, -0.2) is 18.2 Å². The van der Waals surface area contributed by atoms with Gasteiger partial charge in [-0.05, 0) is 37.6 Å². The molecule has 0 aliphatic carbocycles. The molecule has 1 atom stereocenters. The first-order valence-electron chi connectivity index (χ1n) is 10.5. The maximum absolute atomic E-state index is 13.1. The molecule has 1 aliphatic rings. The molecule has 0 spiro atoms. The van der Waals surface area contributed by atoms with Crippen molar-refractivity contribution >= 4 is 16.2 Å². The molecule has 1 aliphatic heterocycles. The zero-order valence-corrected chi connectivity index (χ0v) is 19.4. The minimum atomic E-state index is -4.00. The molecule has 0 saturated carbocycles. The van der Waals surface area contributed by atoms with E-state index in [0.717, 1.165) is 9.87 Å². The number of oxazole rings is 1. The molecule has 11 heteroatoms. The lowest BCUT2D eigenvalue weighted by molar-refractivity contribution is 0.0170. The number of benzene rings is 2. The van der Waals surface area contributed by atoms with Gasteiger partial charge in [0.2, 0.25) is 15.9 Å². The molecule has 2 aromatic carbocycles. The number of aryl methyl sites for hydroxylation is 1. The van der Waals surface area contributed by atoms with E-state index in [2.05, 4.69) is 4.98 Å². The van der Waals surface area contributed by atoms with Crippen LogP contribution in [-0.4, -0.2) is 48.9 Å². The smallest absolute Gasteiger partial charge is 0.493 e. The van der Waals surface area contributed by atoms with Gasteiger partial charge in [-0.15, -0.1) is 0 Å². The van der Waals surface area contributed by atoms with Crippen molar-refractivity contribution < 1.29 is 36.9 Å². The van der Waals surface area contributed by atoms with Crippen molar-refractivity contribution in [2.45, 2.75) is 37.5 Å². The average Bonchev–Trinajstić information content (AvgIpc) is 3.44. The fourth-order valence-corrected chi connectivity index (χ4v) is 5.29. The number of carbonyl (C=O) groups is 1. The minimum Gasteiger partial charge on any atom is -0.493 e. The van der Waals surface area contributed by atoms with Crippen LogP contribution in [0.1, 0.15) is 24.3 Å². The third-order valence-corrected chi connectivity index (χ3v) is 7.29. The fourth-order valence-electron chi connectivity index (χ4n) is 3.69. The van der Waals surface area contributed by atoms with E-state index >= 15 is 0 Å². The van der Waals surface area contributed by atoms with Crippen molar-refractivity contribution in [2.24, 2.45) is 0 Å². The summed E-state index contributed by atoms with van der Waals surface area (Å²) in [7, 11) is -2.60. The predicted octanol–water partition coefficient (Wildman–Crippen LogP) is 4.04. The molecule has 0 unspecified atom stereocenters. The lowest BCUT2D eigenvalue weighted by Crippen LogP contribution is -2.38. The number of hydrogen-bond acceptors (Lipinski definition) is 8. The molecular weight excluding hydrogens is 464 g/mol. The van der Waals surface area contributed by atoms with Gasteiger partial charge in [-0.2, -0.15) is 4.31 Å². The van der Waals surface area contributed by atoms with Crippen LogP contribution in [0, 0.1) is 6.92 Å². The Labute approximate surface area is 196 Å². The summed E-state index contributed by atoms with van der Waals surface area (Å²) < 4.78 is 48.9. The molecule has 34 heavy (non-hydrogen) atoms. The molecule has 1 fully saturated rings. The first-order valence-corrected chi connectivity index (χ1v) is 12.0. The molecule has 180 valence electrons. The molecule has 1 N–H and O–H groups in total. The first-order chi connectivity index (χ1) is 16.3. The van der Waals surface area contributed by atoms with E-state index in [1.54, 1.807) is 6.92 Å². The highest BCUT2D eigenvalue weighted by Gasteiger charge is 2.38. The van der Waals surface area contributed by atoms with Gasteiger partial charge in [-0.3, -0.25) is 0 Å². The Balaban J connectivity index is 1.52. The van der Waals surface area contributed by atoms with Crippen molar-refractivity contribution in [3.05, 3.63) is 60.0 Å². The molecule has 1 saturated heterocycles. The van der Waals surface area contributed by atoms with Crippen molar-refractivity contribution in [1.82, 2.24) is 9.29 Å². The van der Waals surface area contributed by atoms with Crippen molar-refractivity contribution in [3.63, 3.8) is 0 Å². The molecule has 10 nitrogen and oxygen atoms in total. The minimum absolute atomic E-state index is 0.0541. The number of hydrogen-bond donors (Lipinski definition) is 1. The molecule has 4 rings (SSSR count). The maximum Gasteiger partial charge on any atom is 0.507 e. The third kappa shape index (κ3) is 4.85. The van der Waals surface area contributed by atoms with Gasteiger partial charge in [-0.1, -0.05) is 18.2 Å². The van der Waals surface area contributed by atoms with Gasteiger partial charge < -0.3 is 23.7 Å². The molecule has 0 bridgehead atoms. The number of nitrogens with zero attached hydrogens (tertiary/aromatic N) is 2. The summed E-state index contributed by atoms with van der Waals surface area (Å²) in [5.74, 6) is 1.62. The highest BCUT2D eigenvalue weighted by atomic mass is 32.2. The second-order valence-electron chi connectivity index (χ2n) is 7.59. The number of rotatable bonds is 8. The van der Waals surface area contributed by atoms with Crippen LogP contribution in [0.4, 0.5) is 4.79 Å². The summed E-state index contributed by atoms with van der Waals surface area (Å²) in [6, 6.07) is 13.7. The van der Waals surface area contributed by atoms with Crippen LogP contribution < -0.4 is 9.47 Å². The maximum atomic E-state index is 13.1. The Morgan fingerprint density at radius 2 is 1.97 bits per heavy atom. The lowest BCUT2D eigenvalue weighted by Gasteiger charge is -2.23. The zero-order valence-electron chi connectivity index (χ0n) is 18.6. The Kier molecular flexibility index (Phi) is 6.75. The molecule has 1 aromatic heterocycles. The zero-order chi connectivity index (χ0) is 24.3. The number of carboxylic acid groups (broad SMARTS) is 1. The van der Waals surface area contributed by atoms with Crippen LogP contribution in [-0.2, 0) is 21.4 Å². The van der Waals surface area contributed by atoms with Crippen LogP contribution in [0.3, 0.4) is 0 Å². The van der Waals surface area contributed by atoms with Gasteiger partial charge in [0.1, 0.15) is 18.1 Å². The van der Waals surface area contributed by atoms with Crippen molar-refractivity contribution in [1.29, 1.82) is 0 Å². The van der Waals surface area contributed by atoms with E-state index in [4.69, 9.17) is 23.7 Å². The number of aromatic nitrogens is 1. The normalized spacial score (nSPS) is 16.4. The lowest BCUT2D eigenvalue weighted by atomic mass is 10.2. The topological polar surface area (TPSA) is 128 Å². The largest absolute Gasteiger partial charge is 0.507 e. The standard InChI is InChI=1S/C23H24N2O8S/c1-15-18(24-22(32-15)16-7-4-3-5-8-16)14-31-19-11-10-17(13-20(19)30-2)34(28,29)25-12-6-9-21(25)33-23(26)27/h3-5,7-8,10-11,13,21H,6,9,12,14H2,1-2H3,(H,26,27)/t21-/m1/s1. The highest BCUT2D eigenvalue weighted by Crippen LogP contribution is 2.34. The Morgan fingerprint density at radius 3 is 2.68 bits per heavy atom. The predicted molar refractivity (Wildman–Crippen MR) is 120 cm³/mol. The monoisotopic (exact) mass is 488 g/mol. The Hall–Kier alpha value is -3.57. The number of methoxy groups -OCH3 is 1. The van der Waals surface area contributed by atoms with Gasteiger partial charge in [0, 0.05) is 24.6 Å². The van der Waals surface area contributed by atoms with Crippen LogP contribution in [0.15, 0.2) is 57.8 Å². The number of ether oxygens (including phenoxy) is 3. The van der Waals surface area contributed by atoms with E-state index in [9.17, 15) is 13.2 Å². The van der Waals surface area contributed by atoms with Crippen LogP contribution in [0.2, 0.25) is 0 Å². The van der Waals surface area contributed by atoms with Crippen LogP contribution >= 0.6 is 0 Å². The highest BCUT2D eigenvalue weighted by molar-refractivity contribution is 7.89. The Bertz CT molecular complexity index is 1270. The van der Waals surface area contributed by atoms with Gasteiger partial charge in [0.25, 0.3) is 0 Å². The first kappa shape index (κ1) is 23.6. The van der Waals surface area contributed by atoms with Gasteiger partial charge in [0.05, 0.1) is 12.0 Å².